The van der Waals surface area contributed by atoms with Crippen molar-refractivity contribution in [3.8, 4) is 0 Å². The van der Waals surface area contributed by atoms with Crippen LogP contribution in [-0.4, -0.2) is 48.8 Å². The number of thiophene rings is 1. The van der Waals surface area contributed by atoms with Gasteiger partial charge in [-0.25, -0.2) is 9.59 Å². The Hall–Kier alpha value is -1.67. The molecule has 1 N–H and O–H groups in total. The SMILES string of the molecule is COC(=O)c1sc(NC(=S)N(C)C23CC4CC(CC(C4)C2)C3)c(C(=O)OC)c1C. The van der Waals surface area contributed by atoms with Gasteiger partial charge in [0.1, 0.15) is 9.88 Å². The second-order valence-electron chi connectivity index (χ2n) is 8.87. The molecule has 4 saturated carbocycles. The third-order valence-electron chi connectivity index (χ3n) is 7.15. The molecule has 8 heteroatoms. The van der Waals surface area contributed by atoms with E-state index in [0.717, 1.165) is 17.8 Å². The lowest BCUT2D eigenvalue weighted by molar-refractivity contribution is -0.0538. The van der Waals surface area contributed by atoms with E-state index < -0.39 is 11.9 Å². The van der Waals surface area contributed by atoms with Gasteiger partial charge in [0.2, 0.25) is 0 Å². The second kappa shape index (κ2) is 7.54. The minimum Gasteiger partial charge on any atom is -0.465 e. The molecule has 4 bridgehead atoms. The molecule has 4 fully saturated rings. The number of hydrogen-bond acceptors (Lipinski definition) is 6. The summed E-state index contributed by atoms with van der Waals surface area (Å²) in [5, 5.41) is 4.39. The fourth-order valence-corrected chi connectivity index (χ4v) is 7.58. The zero-order valence-corrected chi connectivity index (χ0v) is 19.0. The normalized spacial score (nSPS) is 29.4. The smallest absolute Gasteiger partial charge is 0.348 e. The fourth-order valence-electron chi connectivity index (χ4n) is 6.11. The lowest BCUT2D eigenvalue weighted by atomic mass is 9.52. The molecule has 0 radical (unpaired) electrons. The van der Waals surface area contributed by atoms with Crippen LogP contribution < -0.4 is 5.32 Å². The van der Waals surface area contributed by atoms with Crippen molar-refractivity contribution in [2.45, 2.75) is 51.0 Å². The van der Waals surface area contributed by atoms with Gasteiger partial charge in [-0.05, 0) is 81.0 Å². The Bertz CT molecular complexity index is 828. The van der Waals surface area contributed by atoms with Crippen LogP contribution in [-0.2, 0) is 9.47 Å². The summed E-state index contributed by atoms with van der Waals surface area (Å²) in [6.45, 7) is 1.73. The number of nitrogens with one attached hydrogen (secondary N) is 1. The number of nitrogens with zero attached hydrogens (tertiary/aromatic N) is 1. The summed E-state index contributed by atoms with van der Waals surface area (Å²) in [5.41, 5.74) is 1.01. The van der Waals surface area contributed by atoms with Gasteiger partial charge in [0.25, 0.3) is 0 Å². The van der Waals surface area contributed by atoms with Gasteiger partial charge < -0.3 is 19.7 Å². The predicted octanol–water partition coefficient (Wildman–Crippen LogP) is 4.23. The number of rotatable bonds is 4. The van der Waals surface area contributed by atoms with Crippen molar-refractivity contribution >= 4 is 45.6 Å². The third kappa shape index (κ3) is 3.44. The lowest BCUT2D eigenvalue weighted by Gasteiger charge is -2.60. The van der Waals surface area contributed by atoms with Gasteiger partial charge in [-0.2, -0.15) is 0 Å². The molecule has 0 saturated heterocycles. The Kier molecular flexibility index (Phi) is 5.36. The minimum atomic E-state index is -0.489. The molecule has 5 rings (SSSR count). The molecule has 1 aromatic rings. The number of thiocarbonyl (C=S) groups is 1. The Balaban J connectivity index is 1.59. The van der Waals surface area contributed by atoms with E-state index >= 15 is 0 Å². The molecule has 6 nitrogen and oxygen atoms in total. The summed E-state index contributed by atoms with van der Waals surface area (Å²) in [5.74, 6) is 1.48. The Morgan fingerprint density at radius 1 is 1.07 bits per heavy atom. The van der Waals surface area contributed by atoms with E-state index in [2.05, 4.69) is 17.3 Å². The molecule has 0 amide bonds. The number of carbonyl (C=O) groups excluding carboxylic acids is 2. The number of hydrogen-bond donors (Lipinski definition) is 1. The largest absolute Gasteiger partial charge is 0.465 e. The standard InChI is InChI=1S/C21H28N2O4S2/c1-11-15(18(24)26-3)17(29-16(11)19(25)27-4)22-20(28)23(2)21-8-12-5-13(9-21)7-14(6-12)10-21/h12-14H,5-10H2,1-4H3,(H,22,28). The van der Waals surface area contributed by atoms with E-state index in [1.54, 1.807) is 6.92 Å². The van der Waals surface area contributed by atoms with Crippen LogP contribution in [0.5, 0.6) is 0 Å². The van der Waals surface area contributed by atoms with Gasteiger partial charge >= 0.3 is 11.9 Å². The average molecular weight is 437 g/mol. The van der Waals surface area contributed by atoms with Crippen molar-refractivity contribution in [1.29, 1.82) is 0 Å². The number of carbonyl (C=O) groups is 2. The molecule has 0 aromatic carbocycles. The maximum absolute atomic E-state index is 12.4. The summed E-state index contributed by atoms with van der Waals surface area (Å²) < 4.78 is 9.81. The van der Waals surface area contributed by atoms with Crippen LogP contribution in [0.15, 0.2) is 0 Å². The highest BCUT2D eigenvalue weighted by atomic mass is 32.1. The van der Waals surface area contributed by atoms with Gasteiger partial charge in [-0.3, -0.25) is 0 Å². The quantitative estimate of drug-likeness (QED) is 0.560. The molecule has 1 heterocycles. The van der Waals surface area contributed by atoms with Crippen LogP contribution >= 0.6 is 23.6 Å². The van der Waals surface area contributed by atoms with Gasteiger partial charge in [0.15, 0.2) is 5.11 Å². The maximum Gasteiger partial charge on any atom is 0.348 e. The van der Waals surface area contributed by atoms with Crippen LogP contribution in [0.3, 0.4) is 0 Å². The summed E-state index contributed by atoms with van der Waals surface area (Å²) in [7, 11) is 4.74. The number of anilines is 1. The first-order valence-electron chi connectivity index (χ1n) is 10.1. The molecule has 4 aliphatic rings. The first kappa shape index (κ1) is 20.6. The number of ether oxygens (including phenoxy) is 2. The highest BCUT2D eigenvalue weighted by Crippen LogP contribution is 2.57. The van der Waals surface area contributed by atoms with Crippen molar-refractivity contribution in [3.63, 3.8) is 0 Å². The van der Waals surface area contributed by atoms with Crippen LogP contribution in [0.4, 0.5) is 5.00 Å². The maximum atomic E-state index is 12.4. The average Bonchev–Trinajstić information content (AvgIpc) is 3.00. The van der Waals surface area contributed by atoms with E-state index in [0.29, 0.717) is 26.1 Å². The van der Waals surface area contributed by atoms with Crippen LogP contribution in [0.2, 0.25) is 0 Å². The highest BCUT2D eigenvalue weighted by Gasteiger charge is 2.53. The van der Waals surface area contributed by atoms with E-state index in [-0.39, 0.29) is 5.54 Å². The van der Waals surface area contributed by atoms with Gasteiger partial charge in [0, 0.05) is 12.6 Å². The monoisotopic (exact) mass is 436 g/mol. The van der Waals surface area contributed by atoms with Crippen LogP contribution in [0.1, 0.15) is 64.1 Å². The molecule has 29 heavy (non-hydrogen) atoms. The number of methoxy groups -OCH3 is 2. The van der Waals surface area contributed by atoms with Crippen molar-refractivity contribution < 1.29 is 19.1 Å². The van der Waals surface area contributed by atoms with E-state index in [9.17, 15) is 9.59 Å². The van der Waals surface area contributed by atoms with Crippen LogP contribution in [0, 0.1) is 24.7 Å². The zero-order valence-electron chi connectivity index (χ0n) is 17.4. The molecule has 158 valence electrons. The third-order valence-corrected chi connectivity index (χ3v) is 8.71. The molecule has 0 atom stereocenters. The summed E-state index contributed by atoms with van der Waals surface area (Å²) in [4.78, 5) is 27.1. The van der Waals surface area contributed by atoms with Gasteiger partial charge in [-0.15, -0.1) is 11.3 Å². The molecule has 0 unspecified atom stereocenters. The van der Waals surface area contributed by atoms with E-state index in [4.69, 9.17) is 21.7 Å². The Labute approximate surface area is 180 Å². The molecule has 4 aliphatic carbocycles. The molecule has 1 aromatic heterocycles. The first-order chi connectivity index (χ1) is 13.8. The van der Waals surface area contributed by atoms with Crippen molar-refractivity contribution in [1.82, 2.24) is 4.90 Å². The van der Waals surface area contributed by atoms with E-state index in [1.807, 2.05) is 0 Å². The van der Waals surface area contributed by atoms with Crippen molar-refractivity contribution in [3.05, 3.63) is 16.0 Å². The minimum absolute atomic E-state index is 0.113. The van der Waals surface area contributed by atoms with E-state index in [1.165, 1.54) is 64.1 Å². The topological polar surface area (TPSA) is 67.9 Å². The van der Waals surface area contributed by atoms with Gasteiger partial charge in [0.05, 0.1) is 19.8 Å². The predicted molar refractivity (Wildman–Crippen MR) is 117 cm³/mol. The first-order valence-corrected chi connectivity index (χ1v) is 11.3. The fraction of sp³-hybridized carbons (Fsp3) is 0.667. The molecular weight excluding hydrogens is 408 g/mol. The van der Waals surface area contributed by atoms with Gasteiger partial charge in [-0.1, -0.05) is 0 Å². The second-order valence-corrected chi connectivity index (χ2v) is 10.3. The summed E-state index contributed by atoms with van der Waals surface area (Å²) >= 11 is 6.96. The summed E-state index contributed by atoms with van der Waals surface area (Å²) in [6.07, 6.45) is 7.68. The Morgan fingerprint density at radius 2 is 1.59 bits per heavy atom. The number of esters is 2. The molecular formula is C21H28N2O4S2. The lowest BCUT2D eigenvalue weighted by Crippen LogP contribution is -2.60. The molecule has 0 spiro atoms. The molecule has 0 aliphatic heterocycles. The summed E-state index contributed by atoms with van der Waals surface area (Å²) in [6, 6.07) is 0. The highest BCUT2D eigenvalue weighted by molar-refractivity contribution is 7.80. The van der Waals surface area contributed by atoms with Crippen LogP contribution in [0.25, 0.3) is 0 Å². The zero-order chi connectivity index (χ0) is 20.9. The van der Waals surface area contributed by atoms with Crippen molar-refractivity contribution in [2.24, 2.45) is 17.8 Å². The van der Waals surface area contributed by atoms with Crippen molar-refractivity contribution in [2.75, 3.05) is 26.6 Å². The Morgan fingerprint density at radius 3 is 2.07 bits per heavy atom.